The van der Waals surface area contributed by atoms with Gasteiger partial charge in [0.25, 0.3) is 0 Å². The van der Waals surface area contributed by atoms with E-state index in [1.807, 2.05) is 11.3 Å². The van der Waals surface area contributed by atoms with E-state index in [0.717, 1.165) is 32.6 Å². The molecular weight excluding hydrogens is 306 g/mol. The Morgan fingerprint density at radius 1 is 1.30 bits per heavy atom. The third-order valence-electron chi connectivity index (χ3n) is 5.20. The number of hydrogen-bond acceptors (Lipinski definition) is 4. The van der Waals surface area contributed by atoms with Gasteiger partial charge < -0.3 is 5.32 Å². The molecule has 2 saturated heterocycles. The van der Waals surface area contributed by atoms with Gasteiger partial charge in [0.2, 0.25) is 5.91 Å². The summed E-state index contributed by atoms with van der Waals surface area (Å²) >= 11 is 1.84. The zero-order valence-electron chi connectivity index (χ0n) is 14.2. The van der Waals surface area contributed by atoms with E-state index in [1.165, 1.54) is 37.1 Å². The van der Waals surface area contributed by atoms with Crippen molar-refractivity contribution in [2.24, 2.45) is 5.92 Å². The van der Waals surface area contributed by atoms with Crippen LogP contribution < -0.4 is 5.32 Å². The fourth-order valence-corrected chi connectivity index (χ4v) is 4.60. The number of nitrogens with zero attached hydrogens (tertiary/aromatic N) is 2. The highest BCUT2D eigenvalue weighted by molar-refractivity contribution is 7.09. The third kappa shape index (κ3) is 4.78. The van der Waals surface area contributed by atoms with Crippen LogP contribution in [0.1, 0.15) is 37.0 Å². The van der Waals surface area contributed by atoms with Crippen LogP contribution in [0.5, 0.6) is 0 Å². The molecule has 128 valence electrons. The second kappa shape index (κ2) is 8.27. The maximum atomic E-state index is 12.4. The molecule has 0 aliphatic carbocycles. The number of thiophene rings is 1. The predicted octanol–water partition coefficient (Wildman–Crippen LogP) is 2.56. The van der Waals surface area contributed by atoms with Gasteiger partial charge in [-0.15, -0.1) is 11.3 Å². The molecule has 0 spiro atoms. The molecule has 3 rings (SSSR count). The number of likely N-dealkylation sites (tertiary alicyclic amines) is 2. The van der Waals surface area contributed by atoms with E-state index in [4.69, 9.17) is 0 Å². The van der Waals surface area contributed by atoms with E-state index in [9.17, 15) is 4.79 Å². The van der Waals surface area contributed by atoms with Crippen molar-refractivity contribution in [2.45, 2.75) is 44.7 Å². The molecule has 0 bridgehead atoms. The normalized spacial score (nSPS) is 27.0. The molecule has 1 amide bonds. The van der Waals surface area contributed by atoms with Crippen molar-refractivity contribution in [1.29, 1.82) is 0 Å². The number of hydrogen-bond donors (Lipinski definition) is 1. The van der Waals surface area contributed by atoms with Crippen molar-refractivity contribution in [1.82, 2.24) is 15.1 Å². The summed E-state index contributed by atoms with van der Waals surface area (Å²) in [4.78, 5) is 18.6. The molecule has 2 atom stereocenters. The topological polar surface area (TPSA) is 35.6 Å². The molecule has 0 aromatic carbocycles. The summed E-state index contributed by atoms with van der Waals surface area (Å²) in [6, 6.07) is 4.44. The Bertz CT molecular complexity index is 490. The standard InChI is InChI=1S/C18H29N3OS/c1-20-9-3-2-8-17(20)18(22)19-12-15-6-4-10-21(13-15)14-16-7-5-11-23-16/h5,7,11,15,17H,2-4,6,8-10,12-14H2,1H3,(H,19,22)/t15-,17+/m0/s1. The zero-order valence-corrected chi connectivity index (χ0v) is 15.0. The van der Waals surface area contributed by atoms with Crippen molar-refractivity contribution >= 4 is 17.2 Å². The minimum atomic E-state index is 0.0922. The smallest absolute Gasteiger partial charge is 0.237 e. The van der Waals surface area contributed by atoms with Crippen LogP contribution >= 0.6 is 11.3 Å². The second-order valence-corrected chi connectivity index (χ2v) is 8.09. The maximum Gasteiger partial charge on any atom is 0.237 e. The molecule has 5 heteroatoms. The summed E-state index contributed by atoms with van der Waals surface area (Å²) in [6.45, 7) is 5.25. The second-order valence-electron chi connectivity index (χ2n) is 7.06. The lowest BCUT2D eigenvalue weighted by molar-refractivity contribution is -0.127. The largest absolute Gasteiger partial charge is 0.354 e. The highest BCUT2D eigenvalue weighted by atomic mass is 32.1. The van der Waals surface area contributed by atoms with Crippen LogP contribution in [-0.2, 0) is 11.3 Å². The number of likely N-dealkylation sites (N-methyl/N-ethyl adjacent to an activating group) is 1. The minimum Gasteiger partial charge on any atom is -0.354 e. The first kappa shape index (κ1) is 16.9. The quantitative estimate of drug-likeness (QED) is 0.898. The molecular formula is C18H29N3OS. The van der Waals surface area contributed by atoms with E-state index < -0.39 is 0 Å². The Labute approximate surface area is 143 Å². The van der Waals surface area contributed by atoms with Crippen LogP contribution in [0, 0.1) is 5.92 Å². The fourth-order valence-electron chi connectivity index (χ4n) is 3.85. The van der Waals surface area contributed by atoms with Crippen LogP contribution in [0.3, 0.4) is 0 Å². The molecule has 3 heterocycles. The number of nitrogens with one attached hydrogen (secondary N) is 1. The van der Waals surface area contributed by atoms with Crippen LogP contribution in [0.15, 0.2) is 17.5 Å². The van der Waals surface area contributed by atoms with Gasteiger partial charge in [0.15, 0.2) is 0 Å². The fraction of sp³-hybridized carbons (Fsp3) is 0.722. The zero-order chi connectivity index (χ0) is 16.1. The highest BCUT2D eigenvalue weighted by Crippen LogP contribution is 2.20. The van der Waals surface area contributed by atoms with Crippen molar-refractivity contribution in [3.05, 3.63) is 22.4 Å². The van der Waals surface area contributed by atoms with Gasteiger partial charge in [-0.05, 0) is 63.2 Å². The van der Waals surface area contributed by atoms with Crippen LogP contribution in [0.2, 0.25) is 0 Å². The van der Waals surface area contributed by atoms with Crippen molar-refractivity contribution < 1.29 is 4.79 Å². The van der Waals surface area contributed by atoms with Crippen LogP contribution in [0.25, 0.3) is 0 Å². The number of piperidine rings is 2. The molecule has 0 radical (unpaired) electrons. The van der Waals surface area contributed by atoms with Crippen LogP contribution in [0.4, 0.5) is 0 Å². The van der Waals surface area contributed by atoms with E-state index >= 15 is 0 Å². The first-order chi connectivity index (χ1) is 11.2. The Morgan fingerprint density at radius 2 is 2.22 bits per heavy atom. The first-order valence-corrected chi connectivity index (χ1v) is 9.83. The summed E-state index contributed by atoms with van der Waals surface area (Å²) in [7, 11) is 2.08. The minimum absolute atomic E-state index is 0.0922. The van der Waals surface area contributed by atoms with Crippen molar-refractivity contribution in [2.75, 3.05) is 33.2 Å². The Morgan fingerprint density at radius 3 is 3.00 bits per heavy atom. The molecule has 0 saturated carbocycles. The third-order valence-corrected chi connectivity index (χ3v) is 6.06. The summed E-state index contributed by atoms with van der Waals surface area (Å²) in [5.41, 5.74) is 0. The Kier molecular flexibility index (Phi) is 6.08. The number of carbonyl (C=O) groups excluding carboxylic acids is 1. The van der Waals surface area contributed by atoms with Gasteiger partial charge in [-0.1, -0.05) is 12.5 Å². The van der Waals surface area contributed by atoms with Crippen molar-refractivity contribution in [3.8, 4) is 0 Å². The summed E-state index contributed by atoms with van der Waals surface area (Å²) in [6.07, 6.45) is 5.90. The summed E-state index contributed by atoms with van der Waals surface area (Å²) in [5.74, 6) is 0.837. The Hall–Kier alpha value is -0.910. The first-order valence-electron chi connectivity index (χ1n) is 8.95. The van der Waals surface area contributed by atoms with Crippen LogP contribution in [-0.4, -0.2) is 55.0 Å². The SMILES string of the molecule is CN1CCCC[C@@H]1C(=O)NC[C@@H]1CCCN(Cc2cccs2)C1. The van der Waals surface area contributed by atoms with Gasteiger partial charge in [-0.25, -0.2) is 0 Å². The molecule has 1 aromatic rings. The van der Waals surface area contributed by atoms with Gasteiger partial charge in [0.1, 0.15) is 0 Å². The average molecular weight is 336 g/mol. The highest BCUT2D eigenvalue weighted by Gasteiger charge is 2.27. The van der Waals surface area contributed by atoms with E-state index in [1.54, 1.807) is 0 Å². The van der Waals surface area contributed by atoms with Gasteiger partial charge >= 0.3 is 0 Å². The van der Waals surface area contributed by atoms with Gasteiger partial charge in [0.05, 0.1) is 6.04 Å². The van der Waals surface area contributed by atoms with E-state index in [2.05, 4.69) is 39.7 Å². The van der Waals surface area contributed by atoms with Gasteiger partial charge in [0, 0.05) is 24.5 Å². The summed E-state index contributed by atoms with van der Waals surface area (Å²) < 4.78 is 0. The van der Waals surface area contributed by atoms with Gasteiger partial charge in [-0.3, -0.25) is 14.6 Å². The molecule has 4 nitrogen and oxygen atoms in total. The molecule has 1 aromatic heterocycles. The summed E-state index contributed by atoms with van der Waals surface area (Å²) in [5, 5.41) is 5.38. The number of amides is 1. The van der Waals surface area contributed by atoms with E-state index in [0.29, 0.717) is 5.92 Å². The molecule has 2 fully saturated rings. The lowest BCUT2D eigenvalue weighted by atomic mass is 9.97. The Balaban J connectivity index is 1.43. The number of rotatable bonds is 5. The van der Waals surface area contributed by atoms with Crippen molar-refractivity contribution in [3.63, 3.8) is 0 Å². The lowest BCUT2D eigenvalue weighted by Gasteiger charge is -2.34. The lowest BCUT2D eigenvalue weighted by Crippen LogP contribution is -2.49. The monoisotopic (exact) mass is 335 g/mol. The molecule has 23 heavy (non-hydrogen) atoms. The van der Waals surface area contributed by atoms with E-state index in [-0.39, 0.29) is 11.9 Å². The molecule has 2 aliphatic rings. The molecule has 0 unspecified atom stereocenters. The predicted molar refractivity (Wildman–Crippen MR) is 95.6 cm³/mol. The molecule has 1 N–H and O–H groups in total. The number of carbonyl (C=O) groups is 1. The maximum absolute atomic E-state index is 12.4. The molecule has 2 aliphatic heterocycles. The van der Waals surface area contributed by atoms with Gasteiger partial charge in [-0.2, -0.15) is 0 Å². The average Bonchev–Trinajstić information content (AvgIpc) is 3.06.